The summed E-state index contributed by atoms with van der Waals surface area (Å²) in [5, 5.41) is 10.4. The first-order valence-corrected chi connectivity index (χ1v) is 8.06. The Morgan fingerprint density at radius 2 is 2.18 bits per heavy atom. The number of nitrogens with one attached hydrogen (secondary N) is 1. The van der Waals surface area contributed by atoms with E-state index < -0.39 is 0 Å². The minimum atomic E-state index is -0.272. The molecule has 1 unspecified atom stereocenters. The van der Waals surface area contributed by atoms with Crippen molar-refractivity contribution in [1.29, 1.82) is 0 Å². The highest BCUT2D eigenvalue weighted by Gasteiger charge is 2.23. The van der Waals surface area contributed by atoms with Gasteiger partial charge in [-0.15, -0.1) is 0 Å². The number of benzene rings is 1. The molecule has 0 spiro atoms. The number of rotatable bonds is 3. The SMILES string of the molecule is Cc1ccc2c(C[NH+]3CCC[C@H](CO)C3)cc(=O)oc2c1C. The van der Waals surface area contributed by atoms with E-state index in [-0.39, 0.29) is 12.2 Å². The van der Waals surface area contributed by atoms with Gasteiger partial charge in [0.25, 0.3) is 0 Å². The Hall–Kier alpha value is -1.65. The molecule has 4 heteroatoms. The van der Waals surface area contributed by atoms with E-state index in [0.717, 1.165) is 60.1 Å². The van der Waals surface area contributed by atoms with Gasteiger partial charge < -0.3 is 14.4 Å². The number of hydrogen-bond acceptors (Lipinski definition) is 3. The molecule has 1 aliphatic heterocycles. The molecular weight excluding hydrogens is 278 g/mol. The summed E-state index contributed by atoms with van der Waals surface area (Å²) in [4.78, 5) is 13.4. The Kier molecular flexibility index (Phi) is 4.32. The zero-order valence-electron chi connectivity index (χ0n) is 13.3. The van der Waals surface area contributed by atoms with Gasteiger partial charge in [0, 0.05) is 22.9 Å². The smallest absolute Gasteiger partial charge is 0.336 e. The average Bonchev–Trinajstić information content (AvgIpc) is 2.51. The number of aliphatic hydroxyl groups excluding tert-OH is 1. The maximum absolute atomic E-state index is 11.9. The Morgan fingerprint density at radius 1 is 1.36 bits per heavy atom. The fourth-order valence-corrected chi connectivity index (χ4v) is 3.51. The van der Waals surface area contributed by atoms with E-state index in [1.807, 2.05) is 13.8 Å². The van der Waals surface area contributed by atoms with E-state index in [1.165, 1.54) is 4.90 Å². The lowest BCUT2D eigenvalue weighted by Gasteiger charge is -2.29. The number of piperidine rings is 1. The van der Waals surface area contributed by atoms with Crippen molar-refractivity contribution in [2.45, 2.75) is 33.2 Å². The maximum Gasteiger partial charge on any atom is 0.336 e. The number of hydrogen-bond donors (Lipinski definition) is 2. The first-order chi connectivity index (χ1) is 10.6. The normalized spacial score (nSPS) is 22.1. The standard InChI is InChI=1S/C18H23NO3/c1-12-5-6-16-15(8-17(21)22-18(16)13(12)2)10-19-7-3-4-14(9-19)11-20/h5-6,8,14,20H,3-4,7,9-11H2,1-2H3/p+1/t14-/m0/s1. The minimum Gasteiger partial charge on any atom is -0.422 e. The zero-order valence-corrected chi connectivity index (χ0v) is 13.3. The molecule has 4 nitrogen and oxygen atoms in total. The van der Waals surface area contributed by atoms with Gasteiger partial charge in [0.15, 0.2) is 0 Å². The first kappa shape index (κ1) is 15.3. The summed E-state index contributed by atoms with van der Waals surface area (Å²) in [6.07, 6.45) is 2.24. The second-order valence-electron chi connectivity index (χ2n) is 6.55. The fourth-order valence-electron chi connectivity index (χ4n) is 3.51. The summed E-state index contributed by atoms with van der Waals surface area (Å²) >= 11 is 0. The van der Waals surface area contributed by atoms with Crippen molar-refractivity contribution in [1.82, 2.24) is 0 Å². The van der Waals surface area contributed by atoms with E-state index in [4.69, 9.17) is 4.42 Å². The third-order valence-corrected chi connectivity index (χ3v) is 4.94. The number of aliphatic hydroxyl groups is 1. The molecule has 118 valence electrons. The van der Waals surface area contributed by atoms with Crippen LogP contribution >= 0.6 is 0 Å². The Bertz CT molecular complexity index is 735. The predicted octanol–water partition coefficient (Wildman–Crippen LogP) is 1.20. The molecule has 0 bridgehead atoms. The summed E-state index contributed by atoms with van der Waals surface area (Å²) in [7, 11) is 0. The lowest BCUT2D eigenvalue weighted by Crippen LogP contribution is -3.12. The molecule has 2 atom stereocenters. The Labute approximate surface area is 130 Å². The molecule has 1 fully saturated rings. The van der Waals surface area contributed by atoms with Crippen LogP contribution in [0.3, 0.4) is 0 Å². The van der Waals surface area contributed by atoms with Crippen molar-refractivity contribution in [2.24, 2.45) is 5.92 Å². The van der Waals surface area contributed by atoms with Crippen LogP contribution in [-0.2, 0) is 6.54 Å². The first-order valence-electron chi connectivity index (χ1n) is 8.06. The molecule has 22 heavy (non-hydrogen) atoms. The van der Waals surface area contributed by atoms with E-state index in [2.05, 4.69) is 12.1 Å². The van der Waals surface area contributed by atoms with Crippen LogP contribution in [0.4, 0.5) is 0 Å². The molecule has 1 aromatic heterocycles. The van der Waals surface area contributed by atoms with Gasteiger partial charge in [-0.1, -0.05) is 12.1 Å². The predicted molar refractivity (Wildman–Crippen MR) is 86.2 cm³/mol. The number of fused-ring (bicyclic) bond motifs is 1. The van der Waals surface area contributed by atoms with Gasteiger partial charge in [0.2, 0.25) is 0 Å². The van der Waals surface area contributed by atoms with Crippen LogP contribution in [0.2, 0.25) is 0 Å². The minimum absolute atomic E-state index is 0.263. The largest absolute Gasteiger partial charge is 0.422 e. The number of quaternary nitrogens is 1. The van der Waals surface area contributed by atoms with Crippen LogP contribution in [0.5, 0.6) is 0 Å². The second kappa shape index (κ2) is 6.23. The van der Waals surface area contributed by atoms with Gasteiger partial charge in [-0.05, 0) is 37.8 Å². The molecule has 2 heterocycles. The van der Waals surface area contributed by atoms with Crippen molar-refractivity contribution < 1.29 is 14.4 Å². The number of likely N-dealkylation sites (tertiary alicyclic amines) is 1. The van der Waals surface area contributed by atoms with Crippen LogP contribution in [-0.4, -0.2) is 24.8 Å². The maximum atomic E-state index is 11.9. The summed E-state index contributed by atoms with van der Waals surface area (Å²) < 4.78 is 5.44. The Balaban J connectivity index is 1.97. The van der Waals surface area contributed by atoms with Gasteiger partial charge in [0.05, 0.1) is 19.7 Å². The highest BCUT2D eigenvalue weighted by atomic mass is 16.4. The molecule has 0 saturated carbocycles. The van der Waals surface area contributed by atoms with Crippen LogP contribution in [0.1, 0.15) is 29.5 Å². The highest BCUT2D eigenvalue weighted by molar-refractivity contribution is 5.83. The van der Waals surface area contributed by atoms with E-state index >= 15 is 0 Å². The highest BCUT2D eigenvalue weighted by Crippen LogP contribution is 2.23. The summed E-state index contributed by atoms with van der Waals surface area (Å²) in [6, 6.07) is 5.78. The zero-order chi connectivity index (χ0) is 15.7. The van der Waals surface area contributed by atoms with Gasteiger partial charge in [0.1, 0.15) is 12.1 Å². The van der Waals surface area contributed by atoms with Gasteiger partial charge >= 0.3 is 5.63 Å². The van der Waals surface area contributed by atoms with E-state index in [0.29, 0.717) is 5.92 Å². The van der Waals surface area contributed by atoms with Crippen molar-refractivity contribution in [2.75, 3.05) is 19.7 Å². The van der Waals surface area contributed by atoms with Gasteiger partial charge in [-0.25, -0.2) is 4.79 Å². The lowest BCUT2D eigenvalue weighted by atomic mass is 9.97. The molecule has 0 amide bonds. The topological polar surface area (TPSA) is 54.9 Å². The molecule has 2 aromatic rings. The van der Waals surface area contributed by atoms with Crippen molar-refractivity contribution in [3.05, 3.63) is 45.3 Å². The van der Waals surface area contributed by atoms with Crippen LogP contribution < -0.4 is 10.5 Å². The van der Waals surface area contributed by atoms with Crippen molar-refractivity contribution >= 4 is 11.0 Å². The van der Waals surface area contributed by atoms with Crippen molar-refractivity contribution in [3.8, 4) is 0 Å². The molecule has 2 N–H and O–H groups in total. The summed E-state index contributed by atoms with van der Waals surface area (Å²) in [5.41, 5.74) is 3.68. The number of aryl methyl sites for hydroxylation is 2. The molecule has 0 aliphatic carbocycles. The van der Waals surface area contributed by atoms with Gasteiger partial charge in [-0.3, -0.25) is 0 Å². The molecule has 3 rings (SSSR count). The molecular formula is C18H24NO3+. The molecule has 0 radical (unpaired) electrons. The van der Waals surface area contributed by atoms with E-state index in [9.17, 15) is 9.90 Å². The van der Waals surface area contributed by atoms with Crippen LogP contribution in [0, 0.1) is 19.8 Å². The third kappa shape index (κ3) is 2.94. The summed E-state index contributed by atoms with van der Waals surface area (Å²) in [6.45, 7) is 7.19. The quantitative estimate of drug-likeness (QED) is 0.838. The van der Waals surface area contributed by atoms with Crippen LogP contribution in [0.15, 0.2) is 27.4 Å². The van der Waals surface area contributed by atoms with Gasteiger partial charge in [-0.2, -0.15) is 0 Å². The monoisotopic (exact) mass is 302 g/mol. The lowest BCUT2D eigenvalue weighted by molar-refractivity contribution is -0.922. The second-order valence-corrected chi connectivity index (χ2v) is 6.55. The molecule has 1 aliphatic rings. The van der Waals surface area contributed by atoms with Crippen LogP contribution in [0.25, 0.3) is 11.0 Å². The Morgan fingerprint density at radius 3 is 2.95 bits per heavy atom. The van der Waals surface area contributed by atoms with Crippen molar-refractivity contribution in [3.63, 3.8) is 0 Å². The third-order valence-electron chi connectivity index (χ3n) is 4.94. The fraction of sp³-hybridized carbons (Fsp3) is 0.500. The average molecular weight is 302 g/mol. The molecule has 1 aromatic carbocycles. The summed E-state index contributed by atoms with van der Waals surface area (Å²) in [5.74, 6) is 0.388. The van der Waals surface area contributed by atoms with E-state index in [1.54, 1.807) is 6.07 Å². The molecule has 1 saturated heterocycles.